The Bertz CT molecular complexity index is 131. The van der Waals surface area contributed by atoms with Gasteiger partial charge < -0.3 is 24.3 Å². The van der Waals surface area contributed by atoms with E-state index in [-0.39, 0.29) is 0 Å². The third-order valence-corrected chi connectivity index (χ3v) is 1.67. The van der Waals surface area contributed by atoms with Gasteiger partial charge >= 0.3 is 0 Å². The minimum Gasteiger partial charge on any atom is -0.394 e. The molecule has 0 spiro atoms. The minimum absolute atomic E-state index is 0.375. The molecule has 3 atom stereocenters. The van der Waals surface area contributed by atoms with Gasteiger partial charge in [-0.1, -0.05) is 0 Å². The van der Waals surface area contributed by atoms with Crippen LogP contribution in [-0.2, 0) is 8.98 Å². The first-order valence-corrected chi connectivity index (χ1v) is 4.44. The third-order valence-electron chi connectivity index (χ3n) is 1.26. The summed E-state index contributed by atoms with van der Waals surface area (Å²) in [5.74, 6) is 0. The van der Waals surface area contributed by atoms with Crippen LogP contribution >= 0.6 is 12.0 Å². The maximum absolute atomic E-state index is 10.3. The van der Waals surface area contributed by atoms with Gasteiger partial charge in [0.2, 0.25) is 0 Å². The Morgan fingerprint density at radius 2 is 2.17 bits per heavy atom. The predicted molar refractivity (Wildman–Crippen MR) is 43.6 cm³/mol. The van der Waals surface area contributed by atoms with Gasteiger partial charge in [0.15, 0.2) is 12.4 Å². The Labute approximate surface area is 74.6 Å². The molecule has 3 N–H and O–H groups in total. The van der Waals surface area contributed by atoms with Crippen molar-refractivity contribution in [2.75, 3.05) is 12.9 Å². The van der Waals surface area contributed by atoms with Crippen LogP contribution in [-0.4, -0.2) is 52.8 Å². The number of aliphatic hydroxyl groups is 3. The molecule has 0 aromatic carbocycles. The van der Waals surface area contributed by atoms with Crippen molar-refractivity contribution in [3.8, 4) is 0 Å². The lowest BCUT2D eigenvalue weighted by molar-refractivity contribution is -0.123. The fraction of sp³-hybridized carbons (Fsp3) is 0.833. The molecule has 12 heavy (non-hydrogen) atoms. The molecule has 0 amide bonds. The van der Waals surface area contributed by atoms with Gasteiger partial charge in [-0.15, -0.1) is 0 Å². The zero-order valence-electron chi connectivity index (χ0n) is 6.58. The van der Waals surface area contributed by atoms with E-state index in [1.54, 1.807) is 6.26 Å². The topological polar surface area (TPSA) is 87.0 Å². The van der Waals surface area contributed by atoms with Crippen molar-refractivity contribution < 1.29 is 24.3 Å². The van der Waals surface area contributed by atoms with Crippen molar-refractivity contribution in [3.05, 3.63) is 0 Å². The van der Waals surface area contributed by atoms with Crippen molar-refractivity contribution >= 4 is 18.3 Å². The van der Waals surface area contributed by atoms with E-state index in [2.05, 4.69) is 0 Å². The Morgan fingerprint density at radius 1 is 1.58 bits per heavy atom. The largest absolute Gasteiger partial charge is 0.394 e. The second kappa shape index (κ2) is 6.38. The average Bonchev–Trinajstić information content (AvgIpc) is 2.11. The predicted octanol–water partition coefficient (Wildman–Crippen LogP) is -1.44. The maximum atomic E-state index is 10.3. The lowest BCUT2D eigenvalue weighted by Crippen LogP contribution is -2.40. The van der Waals surface area contributed by atoms with E-state index in [1.807, 2.05) is 0 Å². The van der Waals surface area contributed by atoms with E-state index in [1.165, 1.54) is 0 Å². The number of carbonyl (C=O) groups is 1. The highest BCUT2D eigenvalue weighted by Gasteiger charge is 2.26. The van der Waals surface area contributed by atoms with E-state index >= 15 is 0 Å². The third kappa shape index (κ3) is 3.51. The first kappa shape index (κ1) is 11.9. The monoisotopic (exact) mass is 196 g/mol. The van der Waals surface area contributed by atoms with Crippen LogP contribution in [0.25, 0.3) is 0 Å². The van der Waals surface area contributed by atoms with Gasteiger partial charge in [-0.3, -0.25) is 0 Å². The maximum Gasteiger partial charge on any atom is 0.156 e. The van der Waals surface area contributed by atoms with Crippen LogP contribution in [0.5, 0.6) is 0 Å². The van der Waals surface area contributed by atoms with E-state index in [0.717, 1.165) is 12.0 Å². The minimum atomic E-state index is -1.39. The molecule has 0 aliphatic rings. The highest BCUT2D eigenvalue weighted by Crippen LogP contribution is 2.08. The van der Waals surface area contributed by atoms with Crippen LogP contribution in [0.15, 0.2) is 0 Å². The molecule has 0 aromatic heterocycles. The number of hydrogen-bond acceptors (Lipinski definition) is 6. The number of aliphatic hydroxyl groups excluding tert-OH is 3. The first-order valence-electron chi connectivity index (χ1n) is 3.29. The zero-order valence-corrected chi connectivity index (χ0v) is 7.40. The molecule has 0 unspecified atom stereocenters. The Kier molecular flexibility index (Phi) is 6.31. The quantitative estimate of drug-likeness (QED) is 0.356. The molecule has 0 aromatic rings. The van der Waals surface area contributed by atoms with Crippen LogP contribution in [0.3, 0.4) is 0 Å². The summed E-state index contributed by atoms with van der Waals surface area (Å²) in [4.78, 5) is 10.3. The molecule has 72 valence electrons. The van der Waals surface area contributed by atoms with Crippen molar-refractivity contribution in [1.29, 1.82) is 0 Å². The molecule has 0 heterocycles. The highest BCUT2D eigenvalue weighted by atomic mass is 32.2. The van der Waals surface area contributed by atoms with Crippen LogP contribution in [0.2, 0.25) is 0 Å². The van der Waals surface area contributed by atoms with Gasteiger partial charge in [-0.2, -0.15) is 0 Å². The Hall–Kier alpha value is -0.140. The highest BCUT2D eigenvalue weighted by molar-refractivity contribution is 7.93. The molecule has 0 bridgehead atoms. The van der Waals surface area contributed by atoms with Crippen molar-refractivity contribution in [2.45, 2.75) is 18.3 Å². The molecule has 0 fully saturated rings. The summed E-state index contributed by atoms with van der Waals surface area (Å²) >= 11 is 0.907. The summed E-state index contributed by atoms with van der Waals surface area (Å²) in [5.41, 5.74) is 0. The summed E-state index contributed by atoms with van der Waals surface area (Å²) in [6.45, 7) is -0.608. The molecular formula is C6H12O5S. The molecule has 0 aliphatic carbocycles. The molecule has 0 radical (unpaired) electrons. The second-order valence-electron chi connectivity index (χ2n) is 2.10. The van der Waals surface area contributed by atoms with Crippen LogP contribution in [0.1, 0.15) is 0 Å². The van der Waals surface area contributed by atoms with Gasteiger partial charge in [0, 0.05) is 6.26 Å². The number of hydrogen-bond donors (Lipinski definition) is 3. The lowest BCUT2D eigenvalue weighted by Gasteiger charge is -2.19. The number of rotatable bonds is 6. The summed E-state index contributed by atoms with van der Waals surface area (Å²) in [6.07, 6.45) is -1.90. The lowest BCUT2D eigenvalue weighted by atomic mass is 10.1. The van der Waals surface area contributed by atoms with E-state index in [0.29, 0.717) is 6.29 Å². The Morgan fingerprint density at radius 3 is 2.50 bits per heavy atom. The molecule has 5 nitrogen and oxygen atoms in total. The van der Waals surface area contributed by atoms with Crippen molar-refractivity contribution in [3.63, 3.8) is 0 Å². The fourth-order valence-electron chi connectivity index (χ4n) is 0.598. The van der Waals surface area contributed by atoms with Crippen LogP contribution in [0, 0.1) is 0 Å². The molecule has 0 saturated carbocycles. The van der Waals surface area contributed by atoms with Gasteiger partial charge in [0.05, 0.1) is 6.61 Å². The first-order chi connectivity index (χ1) is 5.67. The fourth-order valence-corrected chi connectivity index (χ4v) is 0.980. The van der Waals surface area contributed by atoms with Crippen molar-refractivity contribution in [2.24, 2.45) is 0 Å². The summed E-state index contributed by atoms with van der Waals surface area (Å²) in [6, 6.07) is 0. The van der Waals surface area contributed by atoms with E-state index in [4.69, 9.17) is 19.5 Å². The van der Waals surface area contributed by atoms with Gasteiger partial charge in [0.25, 0.3) is 0 Å². The summed E-state index contributed by atoms with van der Waals surface area (Å²) < 4.78 is 4.70. The molecule has 0 saturated heterocycles. The van der Waals surface area contributed by atoms with Gasteiger partial charge in [0.1, 0.15) is 12.2 Å². The van der Waals surface area contributed by atoms with E-state index in [9.17, 15) is 4.79 Å². The second-order valence-corrected chi connectivity index (χ2v) is 2.63. The summed E-state index contributed by atoms with van der Waals surface area (Å²) in [7, 11) is 0. The van der Waals surface area contributed by atoms with E-state index < -0.39 is 24.9 Å². The molecular weight excluding hydrogens is 184 g/mol. The van der Waals surface area contributed by atoms with Gasteiger partial charge in [-0.25, -0.2) is 0 Å². The number of aldehydes is 1. The smallest absolute Gasteiger partial charge is 0.156 e. The average molecular weight is 196 g/mol. The SMILES string of the molecule is CSO[C@@H](C=O)[C@@H](O)[C@H](O)CO. The zero-order chi connectivity index (χ0) is 9.56. The van der Waals surface area contributed by atoms with Crippen molar-refractivity contribution in [1.82, 2.24) is 0 Å². The Balaban J connectivity index is 4.00. The summed E-state index contributed by atoms with van der Waals surface area (Å²) in [5, 5.41) is 26.5. The normalized spacial score (nSPS) is 18.3. The number of carbonyl (C=O) groups excluding carboxylic acids is 1. The molecule has 0 rings (SSSR count). The van der Waals surface area contributed by atoms with Gasteiger partial charge in [-0.05, 0) is 12.0 Å². The molecule has 0 aliphatic heterocycles. The van der Waals surface area contributed by atoms with Crippen LogP contribution in [0.4, 0.5) is 0 Å². The molecule has 6 heteroatoms. The standard InChI is InChI=1S/C6H12O5S/c1-12-11-5(3-8)6(10)4(9)2-7/h3-7,9-10H,2H2,1H3/t4-,5+,6+/m1/s1. The van der Waals surface area contributed by atoms with Crippen LogP contribution < -0.4 is 0 Å².